The van der Waals surface area contributed by atoms with Crippen molar-refractivity contribution in [3.63, 3.8) is 0 Å². The Morgan fingerprint density at radius 2 is 1.55 bits per heavy atom. The molecule has 2 aromatic carbocycles. The normalized spacial score (nSPS) is 11.0. The SMILES string of the molecule is CC(=O)c1cccc(Nc2cncc(C(=O)Nc3ccc(C(F)(F)F)cc3)c2)c1. The molecule has 5 nitrogen and oxygen atoms in total. The van der Waals surface area contributed by atoms with Crippen LogP contribution in [0.3, 0.4) is 0 Å². The van der Waals surface area contributed by atoms with Crippen LogP contribution in [0.2, 0.25) is 0 Å². The van der Waals surface area contributed by atoms with Gasteiger partial charge in [-0.2, -0.15) is 13.2 Å². The van der Waals surface area contributed by atoms with Gasteiger partial charge in [0.25, 0.3) is 5.91 Å². The van der Waals surface area contributed by atoms with Gasteiger partial charge in [-0.3, -0.25) is 14.6 Å². The Morgan fingerprint density at radius 1 is 0.862 bits per heavy atom. The molecule has 0 saturated heterocycles. The van der Waals surface area contributed by atoms with Gasteiger partial charge in [-0.25, -0.2) is 0 Å². The van der Waals surface area contributed by atoms with Crippen molar-refractivity contribution in [2.24, 2.45) is 0 Å². The number of benzene rings is 2. The van der Waals surface area contributed by atoms with E-state index in [1.54, 1.807) is 30.3 Å². The lowest BCUT2D eigenvalue weighted by atomic mass is 10.1. The second-order valence-corrected chi connectivity index (χ2v) is 6.25. The van der Waals surface area contributed by atoms with Crippen LogP contribution in [0.25, 0.3) is 0 Å². The third-order valence-electron chi connectivity index (χ3n) is 4.03. The minimum absolute atomic E-state index is 0.0727. The molecular formula is C21H16F3N3O2. The van der Waals surface area contributed by atoms with Crippen LogP contribution in [-0.2, 0) is 6.18 Å². The number of nitrogens with zero attached hydrogens (tertiary/aromatic N) is 1. The molecule has 0 atom stereocenters. The van der Waals surface area contributed by atoms with Crippen LogP contribution in [0.15, 0.2) is 67.0 Å². The number of hydrogen-bond acceptors (Lipinski definition) is 4. The number of alkyl halides is 3. The second kappa shape index (κ2) is 8.14. The highest BCUT2D eigenvalue weighted by Crippen LogP contribution is 2.30. The van der Waals surface area contributed by atoms with Gasteiger partial charge in [0.1, 0.15) is 0 Å². The first-order chi connectivity index (χ1) is 13.7. The molecule has 0 aliphatic heterocycles. The number of hydrogen-bond donors (Lipinski definition) is 2. The van der Waals surface area contributed by atoms with E-state index in [4.69, 9.17) is 0 Å². The standard InChI is InChI=1S/C21H16F3N3O2/c1-13(28)14-3-2-4-18(9-14)26-19-10-15(11-25-12-19)20(29)27-17-7-5-16(6-8-17)21(22,23)24/h2-12,26H,1H3,(H,27,29). The van der Waals surface area contributed by atoms with Gasteiger partial charge in [0.05, 0.1) is 23.0 Å². The molecule has 29 heavy (non-hydrogen) atoms. The highest BCUT2D eigenvalue weighted by atomic mass is 19.4. The molecule has 0 radical (unpaired) electrons. The monoisotopic (exact) mass is 399 g/mol. The third kappa shape index (κ3) is 5.19. The smallest absolute Gasteiger partial charge is 0.354 e. The fourth-order valence-electron chi connectivity index (χ4n) is 2.56. The largest absolute Gasteiger partial charge is 0.416 e. The van der Waals surface area contributed by atoms with Gasteiger partial charge in [-0.15, -0.1) is 0 Å². The van der Waals surface area contributed by atoms with E-state index in [1.165, 1.54) is 31.5 Å². The highest BCUT2D eigenvalue weighted by molar-refractivity contribution is 6.04. The molecule has 0 spiro atoms. The van der Waals surface area contributed by atoms with E-state index in [1.807, 2.05) is 0 Å². The number of pyridine rings is 1. The summed E-state index contributed by atoms with van der Waals surface area (Å²) in [5.41, 5.74) is 1.37. The zero-order valence-corrected chi connectivity index (χ0v) is 15.2. The van der Waals surface area contributed by atoms with Crippen molar-refractivity contribution in [3.05, 3.63) is 83.7 Å². The zero-order chi connectivity index (χ0) is 21.0. The van der Waals surface area contributed by atoms with Gasteiger partial charge >= 0.3 is 6.18 Å². The Kier molecular flexibility index (Phi) is 5.63. The first-order valence-corrected chi connectivity index (χ1v) is 8.54. The van der Waals surface area contributed by atoms with Crippen LogP contribution in [-0.4, -0.2) is 16.7 Å². The molecule has 0 bridgehead atoms. The lowest BCUT2D eigenvalue weighted by Crippen LogP contribution is -2.13. The number of halogens is 3. The molecule has 0 aliphatic rings. The Bertz CT molecular complexity index is 1050. The molecule has 1 amide bonds. The number of nitrogens with one attached hydrogen (secondary N) is 2. The number of carbonyl (C=O) groups excluding carboxylic acids is 2. The van der Waals surface area contributed by atoms with Gasteiger partial charge in [-0.1, -0.05) is 12.1 Å². The molecule has 148 valence electrons. The van der Waals surface area contributed by atoms with Crippen LogP contribution in [0.4, 0.5) is 30.2 Å². The van der Waals surface area contributed by atoms with Gasteiger partial charge in [0.15, 0.2) is 5.78 Å². The summed E-state index contributed by atoms with van der Waals surface area (Å²) in [7, 11) is 0. The molecule has 0 saturated carbocycles. The number of ketones is 1. The summed E-state index contributed by atoms with van der Waals surface area (Å²) in [5.74, 6) is -0.588. The molecule has 0 aliphatic carbocycles. The maximum atomic E-state index is 12.6. The summed E-state index contributed by atoms with van der Waals surface area (Å²) in [4.78, 5) is 27.9. The first kappa shape index (κ1) is 20.1. The predicted octanol–water partition coefficient (Wildman–Crippen LogP) is 5.30. The Hall–Kier alpha value is -3.68. The average molecular weight is 399 g/mol. The number of rotatable bonds is 5. The van der Waals surface area contributed by atoms with Crippen molar-refractivity contribution in [2.45, 2.75) is 13.1 Å². The highest BCUT2D eigenvalue weighted by Gasteiger charge is 2.30. The van der Waals surface area contributed by atoms with Crippen LogP contribution >= 0.6 is 0 Å². The lowest BCUT2D eigenvalue weighted by molar-refractivity contribution is -0.137. The van der Waals surface area contributed by atoms with Crippen molar-refractivity contribution in [3.8, 4) is 0 Å². The van der Waals surface area contributed by atoms with E-state index in [2.05, 4.69) is 15.6 Å². The number of amides is 1. The third-order valence-corrected chi connectivity index (χ3v) is 4.03. The van der Waals surface area contributed by atoms with E-state index in [0.717, 1.165) is 12.1 Å². The van der Waals surface area contributed by atoms with E-state index in [0.29, 0.717) is 16.9 Å². The first-order valence-electron chi connectivity index (χ1n) is 8.54. The van der Waals surface area contributed by atoms with Gasteiger partial charge in [-0.05, 0) is 49.4 Å². The second-order valence-electron chi connectivity index (χ2n) is 6.25. The van der Waals surface area contributed by atoms with Crippen LogP contribution < -0.4 is 10.6 Å². The van der Waals surface area contributed by atoms with Crippen LogP contribution in [0.1, 0.15) is 33.2 Å². The summed E-state index contributed by atoms with van der Waals surface area (Å²) >= 11 is 0. The zero-order valence-electron chi connectivity index (χ0n) is 15.2. The van der Waals surface area contributed by atoms with E-state index < -0.39 is 17.6 Å². The van der Waals surface area contributed by atoms with Crippen molar-refractivity contribution in [1.82, 2.24) is 4.98 Å². The summed E-state index contributed by atoms with van der Waals surface area (Å²) < 4.78 is 37.9. The Morgan fingerprint density at radius 3 is 2.21 bits per heavy atom. The van der Waals surface area contributed by atoms with Gasteiger partial charge in [0.2, 0.25) is 0 Å². The maximum Gasteiger partial charge on any atom is 0.416 e. The van der Waals surface area contributed by atoms with E-state index in [-0.39, 0.29) is 17.0 Å². The molecule has 1 heterocycles. The molecule has 3 rings (SSSR count). The minimum Gasteiger partial charge on any atom is -0.354 e. The van der Waals surface area contributed by atoms with Crippen LogP contribution in [0.5, 0.6) is 0 Å². The summed E-state index contributed by atoms with van der Waals surface area (Å²) in [6, 6.07) is 12.6. The van der Waals surface area contributed by atoms with Gasteiger partial charge < -0.3 is 10.6 Å². The van der Waals surface area contributed by atoms with Crippen molar-refractivity contribution in [2.75, 3.05) is 10.6 Å². The Labute approximate surface area is 164 Å². The van der Waals surface area contributed by atoms with Crippen molar-refractivity contribution in [1.29, 1.82) is 0 Å². The molecule has 0 fully saturated rings. The summed E-state index contributed by atoms with van der Waals surface area (Å²) in [5, 5.41) is 5.60. The molecule has 2 N–H and O–H groups in total. The molecule has 0 unspecified atom stereocenters. The van der Waals surface area contributed by atoms with Gasteiger partial charge in [0, 0.05) is 23.1 Å². The number of anilines is 3. The maximum absolute atomic E-state index is 12.6. The molecule has 8 heteroatoms. The van der Waals surface area contributed by atoms with Crippen molar-refractivity contribution >= 4 is 28.8 Å². The molecule has 1 aromatic heterocycles. The number of carbonyl (C=O) groups is 2. The lowest BCUT2D eigenvalue weighted by Gasteiger charge is -2.10. The fraction of sp³-hybridized carbons (Fsp3) is 0.0952. The quantitative estimate of drug-likeness (QED) is 0.571. The van der Waals surface area contributed by atoms with Crippen molar-refractivity contribution < 1.29 is 22.8 Å². The molecular weight excluding hydrogens is 383 g/mol. The topological polar surface area (TPSA) is 71.1 Å². The average Bonchev–Trinajstić information content (AvgIpc) is 2.68. The number of Topliss-reactive ketones (excluding diaryl/α,β-unsaturated/α-hetero) is 1. The number of aromatic nitrogens is 1. The summed E-state index contributed by atoms with van der Waals surface area (Å²) in [6.45, 7) is 1.47. The summed E-state index contributed by atoms with van der Waals surface area (Å²) in [6.07, 6.45) is -1.59. The fourth-order valence-corrected chi connectivity index (χ4v) is 2.56. The Balaban J connectivity index is 1.72. The van der Waals surface area contributed by atoms with E-state index >= 15 is 0 Å². The van der Waals surface area contributed by atoms with Crippen LogP contribution in [0, 0.1) is 0 Å². The van der Waals surface area contributed by atoms with E-state index in [9.17, 15) is 22.8 Å². The predicted molar refractivity (Wildman–Crippen MR) is 103 cm³/mol. The minimum atomic E-state index is -4.44. The molecule has 3 aromatic rings.